The third kappa shape index (κ3) is 3.76. The zero-order chi connectivity index (χ0) is 5.70. The van der Waals surface area contributed by atoms with Gasteiger partial charge in [0.15, 0.2) is 0 Å². The van der Waals surface area contributed by atoms with Crippen molar-refractivity contribution in [3.05, 3.63) is 0 Å². The van der Waals surface area contributed by atoms with Crippen molar-refractivity contribution >= 4 is 0 Å². The number of hydrogen-bond acceptors (Lipinski definition) is 2. The molecule has 0 aliphatic rings. The van der Waals surface area contributed by atoms with E-state index in [1.165, 1.54) is 0 Å². The Morgan fingerprint density at radius 3 is 2.29 bits per heavy atom. The van der Waals surface area contributed by atoms with Crippen LogP contribution in [-0.4, -0.2) is 32.2 Å². The number of nitrogens with one attached hydrogen (secondary N) is 1. The molecule has 0 aromatic rings. The molecule has 2 nitrogen and oxygen atoms in total. The Morgan fingerprint density at radius 2 is 2.14 bits per heavy atom. The van der Waals surface area contributed by atoms with Crippen LogP contribution >= 0.6 is 0 Å². The third-order valence-electron chi connectivity index (χ3n) is 0.968. The molecule has 0 saturated heterocycles. The van der Waals surface area contributed by atoms with Crippen LogP contribution in [-0.2, 0) is 0 Å². The average molecular weight is 102 g/mol. The van der Waals surface area contributed by atoms with Crippen LogP contribution in [0.2, 0.25) is 0 Å². The Kier molecular flexibility index (Phi) is 4.04. The molecule has 2 heteroatoms. The molecule has 0 rings (SSSR count). The Labute approximate surface area is 45.5 Å². The average Bonchev–Trinajstić information content (AvgIpc) is 1.68. The largest absolute Gasteiger partial charge is 0.307 e. The van der Waals surface area contributed by atoms with Gasteiger partial charge in [-0.15, -0.1) is 0 Å². The second-order valence-corrected chi connectivity index (χ2v) is 1.68. The molecule has 0 radical (unpaired) electrons. The highest BCUT2D eigenvalue weighted by atomic mass is 15.2. The molecule has 0 fully saturated rings. The van der Waals surface area contributed by atoms with Gasteiger partial charge in [-0.1, -0.05) is 6.92 Å². The van der Waals surface area contributed by atoms with E-state index in [0.717, 1.165) is 13.2 Å². The summed E-state index contributed by atoms with van der Waals surface area (Å²) in [5.41, 5.74) is 0. The van der Waals surface area contributed by atoms with Crippen LogP contribution in [0.15, 0.2) is 0 Å². The standard InChI is InChI=1S/C5H14N2/c1-4-7(3)5-6-2/h6H,4-5H2,1-3H3. The minimum Gasteiger partial charge on any atom is -0.307 e. The smallest absolute Gasteiger partial charge is 0.0475 e. The highest BCUT2D eigenvalue weighted by Gasteiger charge is 1.85. The Balaban J connectivity index is 2.83. The SMILES string of the molecule is CCN(C)CNC. The molecule has 1 N–H and O–H groups in total. The lowest BCUT2D eigenvalue weighted by Crippen LogP contribution is -2.27. The van der Waals surface area contributed by atoms with Gasteiger partial charge < -0.3 is 5.32 Å². The summed E-state index contributed by atoms with van der Waals surface area (Å²) in [6.07, 6.45) is 0. The highest BCUT2D eigenvalue weighted by Crippen LogP contribution is 1.71. The van der Waals surface area contributed by atoms with Gasteiger partial charge in [0.2, 0.25) is 0 Å². The molecule has 44 valence electrons. The maximum absolute atomic E-state index is 3.04. The van der Waals surface area contributed by atoms with E-state index in [-0.39, 0.29) is 0 Å². The van der Waals surface area contributed by atoms with Gasteiger partial charge in [0, 0.05) is 6.67 Å². The molecule has 0 aliphatic carbocycles. The van der Waals surface area contributed by atoms with E-state index in [0.29, 0.717) is 0 Å². The van der Waals surface area contributed by atoms with Crippen LogP contribution in [0, 0.1) is 0 Å². The zero-order valence-corrected chi connectivity index (χ0v) is 5.36. The first-order chi connectivity index (χ1) is 3.31. The predicted octanol–water partition coefficient (Wildman–Crippen LogP) is 0.115. The van der Waals surface area contributed by atoms with Crippen LogP contribution in [0.1, 0.15) is 6.92 Å². The van der Waals surface area contributed by atoms with E-state index in [1.54, 1.807) is 0 Å². The van der Waals surface area contributed by atoms with E-state index in [9.17, 15) is 0 Å². The molecule has 7 heavy (non-hydrogen) atoms. The topological polar surface area (TPSA) is 15.3 Å². The van der Waals surface area contributed by atoms with Crippen molar-refractivity contribution < 1.29 is 0 Å². The van der Waals surface area contributed by atoms with E-state index in [2.05, 4.69) is 24.2 Å². The van der Waals surface area contributed by atoms with Gasteiger partial charge in [0.1, 0.15) is 0 Å². The van der Waals surface area contributed by atoms with E-state index in [4.69, 9.17) is 0 Å². The lowest BCUT2D eigenvalue weighted by Gasteiger charge is -2.11. The lowest BCUT2D eigenvalue weighted by molar-refractivity contribution is 0.334. The first-order valence-electron chi connectivity index (χ1n) is 2.64. The van der Waals surface area contributed by atoms with Crippen LogP contribution in [0.4, 0.5) is 0 Å². The molecular formula is C5H14N2. The van der Waals surface area contributed by atoms with Crippen LogP contribution in [0.5, 0.6) is 0 Å². The fraction of sp³-hybridized carbons (Fsp3) is 1.00. The van der Waals surface area contributed by atoms with Crippen molar-refractivity contribution in [2.75, 3.05) is 27.3 Å². The minimum absolute atomic E-state index is 0.983. The summed E-state index contributed by atoms with van der Waals surface area (Å²) in [4.78, 5) is 2.19. The second-order valence-electron chi connectivity index (χ2n) is 1.68. The number of rotatable bonds is 3. The fourth-order valence-corrected chi connectivity index (χ4v) is 0.382. The van der Waals surface area contributed by atoms with Gasteiger partial charge >= 0.3 is 0 Å². The lowest BCUT2D eigenvalue weighted by atomic mass is 10.7. The van der Waals surface area contributed by atoms with E-state index >= 15 is 0 Å². The maximum atomic E-state index is 3.04. The first-order valence-corrected chi connectivity index (χ1v) is 2.64. The molecule has 0 atom stereocenters. The molecule has 0 spiro atoms. The summed E-state index contributed by atoms with van der Waals surface area (Å²) < 4.78 is 0. The van der Waals surface area contributed by atoms with Crippen LogP contribution < -0.4 is 5.32 Å². The van der Waals surface area contributed by atoms with Crippen molar-refractivity contribution in [1.29, 1.82) is 0 Å². The minimum atomic E-state index is 0.983. The van der Waals surface area contributed by atoms with E-state index < -0.39 is 0 Å². The summed E-state index contributed by atoms with van der Waals surface area (Å²) in [6, 6.07) is 0. The van der Waals surface area contributed by atoms with Crippen molar-refractivity contribution in [1.82, 2.24) is 10.2 Å². The fourth-order valence-electron chi connectivity index (χ4n) is 0.382. The molecule has 0 bridgehead atoms. The summed E-state index contributed by atoms with van der Waals surface area (Å²) in [5.74, 6) is 0. The first kappa shape index (κ1) is 6.92. The van der Waals surface area contributed by atoms with Gasteiger partial charge in [0.05, 0.1) is 0 Å². The summed E-state index contributed by atoms with van der Waals surface area (Å²) in [6.45, 7) is 4.23. The normalized spacial score (nSPS) is 10.3. The Morgan fingerprint density at radius 1 is 1.57 bits per heavy atom. The molecule has 0 aromatic heterocycles. The predicted molar refractivity (Wildman–Crippen MR) is 32.2 cm³/mol. The highest BCUT2D eigenvalue weighted by molar-refractivity contribution is 4.38. The second kappa shape index (κ2) is 4.09. The Hall–Kier alpha value is -0.0800. The monoisotopic (exact) mass is 102 g/mol. The van der Waals surface area contributed by atoms with Crippen molar-refractivity contribution in [2.24, 2.45) is 0 Å². The van der Waals surface area contributed by atoms with Crippen molar-refractivity contribution in [3.63, 3.8) is 0 Å². The zero-order valence-electron chi connectivity index (χ0n) is 5.36. The molecule has 0 heterocycles. The van der Waals surface area contributed by atoms with Crippen LogP contribution in [0.25, 0.3) is 0 Å². The van der Waals surface area contributed by atoms with Gasteiger partial charge in [-0.25, -0.2) is 0 Å². The molecule has 0 aliphatic heterocycles. The molecule has 0 amide bonds. The molecule has 0 unspecified atom stereocenters. The van der Waals surface area contributed by atoms with Crippen molar-refractivity contribution in [3.8, 4) is 0 Å². The quantitative estimate of drug-likeness (QED) is 0.509. The summed E-state index contributed by atoms with van der Waals surface area (Å²) in [7, 11) is 4.03. The van der Waals surface area contributed by atoms with Gasteiger partial charge in [-0.2, -0.15) is 0 Å². The molecule has 0 aromatic carbocycles. The number of nitrogens with zero attached hydrogens (tertiary/aromatic N) is 1. The van der Waals surface area contributed by atoms with Gasteiger partial charge in [-0.05, 0) is 20.6 Å². The molecule has 0 saturated carbocycles. The summed E-state index contributed by atoms with van der Waals surface area (Å²) in [5, 5.41) is 3.04. The van der Waals surface area contributed by atoms with Crippen molar-refractivity contribution in [2.45, 2.75) is 6.92 Å². The maximum Gasteiger partial charge on any atom is 0.0475 e. The Bertz CT molecular complexity index is 37.1. The summed E-state index contributed by atoms with van der Waals surface area (Å²) >= 11 is 0. The number of hydrogen-bond donors (Lipinski definition) is 1. The molecular weight excluding hydrogens is 88.1 g/mol. The third-order valence-corrected chi connectivity index (χ3v) is 0.968. The van der Waals surface area contributed by atoms with E-state index in [1.807, 2.05) is 7.05 Å². The van der Waals surface area contributed by atoms with Gasteiger partial charge in [0.25, 0.3) is 0 Å². The van der Waals surface area contributed by atoms with Crippen LogP contribution in [0.3, 0.4) is 0 Å². The van der Waals surface area contributed by atoms with Gasteiger partial charge in [-0.3, -0.25) is 4.90 Å².